The fourth-order valence-corrected chi connectivity index (χ4v) is 5.89. The fraction of sp³-hybridized carbons (Fsp3) is 0.161. The second-order valence-electron chi connectivity index (χ2n) is 9.56. The van der Waals surface area contributed by atoms with Crippen LogP contribution >= 0.6 is 11.3 Å². The number of ketones is 1. The maximum atomic E-state index is 13.9. The van der Waals surface area contributed by atoms with Crippen LogP contribution in [0.2, 0.25) is 0 Å². The monoisotopic (exact) mass is 536 g/mol. The largest absolute Gasteiger partial charge is 0.489 e. The molecule has 3 heterocycles. The molecule has 2 aromatic heterocycles. The van der Waals surface area contributed by atoms with Crippen molar-refractivity contribution >= 4 is 39.1 Å². The van der Waals surface area contributed by atoms with E-state index in [0.29, 0.717) is 44.6 Å². The standard InChI is InChI=1S/C31H24N2O5S/c1-17-9-14-24-23(15-17)27(35)25-26(21-10-12-22(13-11-21)37-16-20-7-5-4-6-8-20)33(30(36)28(25)38-24)31-32-18(2)29(39-31)19(3)34/h4-15,26H,16H2,1-3H3. The van der Waals surface area contributed by atoms with E-state index in [1.165, 1.54) is 11.8 Å². The van der Waals surface area contributed by atoms with Crippen LogP contribution in [-0.2, 0) is 6.61 Å². The zero-order valence-electron chi connectivity index (χ0n) is 21.6. The lowest BCUT2D eigenvalue weighted by atomic mass is 9.98. The molecule has 7 nitrogen and oxygen atoms in total. The smallest absolute Gasteiger partial charge is 0.297 e. The van der Waals surface area contributed by atoms with E-state index in [2.05, 4.69) is 4.98 Å². The number of aryl methyl sites for hydroxylation is 2. The van der Waals surface area contributed by atoms with Crippen molar-refractivity contribution in [3.8, 4) is 5.75 Å². The second-order valence-corrected chi connectivity index (χ2v) is 10.5. The molecule has 0 radical (unpaired) electrons. The second kappa shape index (κ2) is 9.63. The third-order valence-electron chi connectivity index (χ3n) is 6.78. The molecular weight excluding hydrogens is 512 g/mol. The molecule has 0 saturated heterocycles. The molecule has 0 bridgehead atoms. The molecule has 1 atom stereocenters. The predicted octanol–water partition coefficient (Wildman–Crippen LogP) is 6.40. The number of aromatic nitrogens is 1. The number of ether oxygens (including phenoxy) is 1. The molecule has 5 aromatic rings. The summed E-state index contributed by atoms with van der Waals surface area (Å²) in [6.07, 6.45) is 0. The van der Waals surface area contributed by atoms with Gasteiger partial charge in [0.1, 0.15) is 17.9 Å². The summed E-state index contributed by atoms with van der Waals surface area (Å²) in [6.45, 7) is 5.52. The number of amides is 1. The summed E-state index contributed by atoms with van der Waals surface area (Å²) < 4.78 is 12.0. The molecule has 0 saturated carbocycles. The number of nitrogens with zero attached hydrogens (tertiary/aromatic N) is 2. The number of fused-ring (bicyclic) bond motifs is 2. The van der Waals surface area contributed by atoms with Gasteiger partial charge in [-0.2, -0.15) is 0 Å². The Bertz CT molecular complexity index is 1810. The third kappa shape index (κ3) is 4.32. The van der Waals surface area contributed by atoms with E-state index in [4.69, 9.17) is 9.15 Å². The Hall–Kier alpha value is -4.56. The van der Waals surface area contributed by atoms with E-state index in [0.717, 1.165) is 22.5 Å². The van der Waals surface area contributed by atoms with Crippen LogP contribution in [-0.4, -0.2) is 16.7 Å². The van der Waals surface area contributed by atoms with E-state index >= 15 is 0 Å². The molecule has 194 valence electrons. The van der Waals surface area contributed by atoms with Gasteiger partial charge in [-0.3, -0.25) is 19.3 Å². The van der Waals surface area contributed by atoms with E-state index < -0.39 is 11.9 Å². The first-order valence-electron chi connectivity index (χ1n) is 12.5. The number of thiazole rings is 1. The van der Waals surface area contributed by atoms with E-state index in [1.54, 1.807) is 19.1 Å². The van der Waals surface area contributed by atoms with Gasteiger partial charge in [0.2, 0.25) is 5.76 Å². The topological polar surface area (TPSA) is 89.7 Å². The summed E-state index contributed by atoms with van der Waals surface area (Å²) in [4.78, 5) is 46.3. The van der Waals surface area contributed by atoms with Crippen molar-refractivity contribution in [2.75, 3.05) is 4.90 Å². The highest BCUT2D eigenvalue weighted by atomic mass is 32.1. The molecule has 8 heteroatoms. The molecule has 39 heavy (non-hydrogen) atoms. The van der Waals surface area contributed by atoms with Crippen molar-refractivity contribution in [3.05, 3.63) is 122 Å². The van der Waals surface area contributed by atoms with Crippen LogP contribution in [0.4, 0.5) is 5.13 Å². The van der Waals surface area contributed by atoms with Gasteiger partial charge in [-0.05, 0) is 49.2 Å². The minimum atomic E-state index is -0.776. The van der Waals surface area contributed by atoms with E-state index in [-0.39, 0.29) is 22.5 Å². The SMILES string of the molecule is CC(=O)c1sc(N2C(=O)c3oc4ccc(C)cc4c(=O)c3C2c2ccc(OCc3ccccc3)cc2)nc1C. The zero-order valence-corrected chi connectivity index (χ0v) is 22.4. The van der Waals surface area contributed by atoms with Crippen LogP contribution in [0.5, 0.6) is 5.75 Å². The Morgan fingerprint density at radius 1 is 1.03 bits per heavy atom. The number of hydrogen-bond donors (Lipinski definition) is 0. The maximum Gasteiger partial charge on any atom is 0.297 e. The number of hydrogen-bond acceptors (Lipinski definition) is 7. The van der Waals surface area contributed by atoms with Crippen LogP contribution in [0.25, 0.3) is 11.0 Å². The average Bonchev–Trinajstić information content (AvgIpc) is 3.46. The van der Waals surface area contributed by atoms with Crippen LogP contribution in [0.1, 0.15) is 61.1 Å². The lowest BCUT2D eigenvalue weighted by molar-refractivity contribution is 0.0969. The van der Waals surface area contributed by atoms with Crippen molar-refractivity contribution in [2.24, 2.45) is 0 Å². The summed E-state index contributed by atoms with van der Waals surface area (Å²) in [5, 5.41) is 0.749. The van der Waals surface area contributed by atoms with Gasteiger partial charge in [0.25, 0.3) is 5.91 Å². The highest BCUT2D eigenvalue weighted by molar-refractivity contribution is 7.17. The highest BCUT2D eigenvalue weighted by Crippen LogP contribution is 2.43. The molecule has 6 rings (SSSR count). The zero-order chi connectivity index (χ0) is 27.3. The molecule has 3 aromatic carbocycles. The summed E-state index contributed by atoms with van der Waals surface area (Å²) in [5.41, 5.74) is 3.54. The fourth-order valence-electron chi connectivity index (χ4n) is 4.90. The van der Waals surface area contributed by atoms with Crippen molar-refractivity contribution in [2.45, 2.75) is 33.4 Å². The molecule has 0 aliphatic carbocycles. The Labute approximate surface area is 228 Å². The van der Waals surface area contributed by atoms with Crippen molar-refractivity contribution in [1.29, 1.82) is 0 Å². The molecular formula is C31H24N2O5S. The van der Waals surface area contributed by atoms with Gasteiger partial charge in [-0.25, -0.2) is 4.98 Å². The average molecular weight is 537 g/mol. The number of carbonyl (C=O) groups excluding carboxylic acids is 2. The molecule has 1 amide bonds. The predicted molar refractivity (Wildman–Crippen MR) is 150 cm³/mol. The first-order chi connectivity index (χ1) is 18.8. The number of Topliss-reactive ketones (excluding diaryl/α,β-unsaturated/α-hetero) is 1. The summed E-state index contributed by atoms with van der Waals surface area (Å²) in [6, 6.07) is 21.7. The normalized spacial score (nSPS) is 14.6. The number of rotatable bonds is 6. The Morgan fingerprint density at radius 3 is 2.46 bits per heavy atom. The molecule has 0 spiro atoms. The van der Waals surface area contributed by atoms with Gasteiger partial charge in [0, 0.05) is 6.92 Å². The lowest BCUT2D eigenvalue weighted by Crippen LogP contribution is -2.29. The van der Waals surface area contributed by atoms with Crippen LogP contribution in [0.3, 0.4) is 0 Å². The molecule has 1 unspecified atom stereocenters. The summed E-state index contributed by atoms with van der Waals surface area (Å²) in [7, 11) is 0. The number of benzene rings is 3. The van der Waals surface area contributed by atoms with Gasteiger partial charge >= 0.3 is 0 Å². The Balaban J connectivity index is 1.46. The van der Waals surface area contributed by atoms with Crippen LogP contribution in [0.15, 0.2) is 82.0 Å². The van der Waals surface area contributed by atoms with Crippen LogP contribution < -0.4 is 15.1 Å². The first-order valence-corrected chi connectivity index (χ1v) is 13.3. The van der Waals surface area contributed by atoms with E-state index in [9.17, 15) is 14.4 Å². The van der Waals surface area contributed by atoms with Gasteiger partial charge in [-0.1, -0.05) is 65.4 Å². The first kappa shape index (κ1) is 24.8. The van der Waals surface area contributed by atoms with Crippen molar-refractivity contribution < 1.29 is 18.7 Å². The third-order valence-corrected chi connectivity index (χ3v) is 8.04. The molecule has 0 N–H and O–H groups in total. The van der Waals surface area contributed by atoms with Crippen LogP contribution in [0, 0.1) is 13.8 Å². The number of carbonyl (C=O) groups is 2. The van der Waals surface area contributed by atoms with E-state index in [1.807, 2.05) is 67.6 Å². The molecule has 1 aliphatic rings. The Kier molecular flexibility index (Phi) is 6.12. The summed E-state index contributed by atoms with van der Waals surface area (Å²) in [5.74, 6) is 0.0435. The maximum absolute atomic E-state index is 13.9. The molecule has 0 fully saturated rings. The van der Waals surface area contributed by atoms with Crippen molar-refractivity contribution in [1.82, 2.24) is 4.98 Å². The van der Waals surface area contributed by atoms with Gasteiger partial charge in [0.05, 0.1) is 27.6 Å². The van der Waals surface area contributed by atoms with Gasteiger partial charge in [-0.15, -0.1) is 0 Å². The van der Waals surface area contributed by atoms with Crippen molar-refractivity contribution in [3.63, 3.8) is 0 Å². The summed E-state index contributed by atoms with van der Waals surface area (Å²) >= 11 is 1.14. The molecule has 1 aliphatic heterocycles. The van der Waals surface area contributed by atoms with Gasteiger partial charge < -0.3 is 9.15 Å². The number of anilines is 1. The lowest BCUT2D eigenvalue weighted by Gasteiger charge is -2.22. The highest BCUT2D eigenvalue weighted by Gasteiger charge is 2.45. The Morgan fingerprint density at radius 2 is 1.77 bits per heavy atom. The minimum Gasteiger partial charge on any atom is -0.489 e. The minimum absolute atomic E-state index is 0.0111. The van der Waals surface area contributed by atoms with Gasteiger partial charge in [0.15, 0.2) is 16.3 Å². The quantitative estimate of drug-likeness (QED) is 0.233.